The van der Waals surface area contributed by atoms with Crippen molar-refractivity contribution < 1.29 is 4.79 Å². The molecule has 2 unspecified atom stereocenters. The SMILES string of the molecule is NNC(=O)C1N=CNC2=NC=NC21. The number of aliphatic imine (C=N–C) groups is 3. The number of nitrogens with one attached hydrogen (secondary N) is 2. The Morgan fingerprint density at radius 3 is 3.23 bits per heavy atom. The van der Waals surface area contributed by atoms with Gasteiger partial charge in [0.1, 0.15) is 18.2 Å². The van der Waals surface area contributed by atoms with Gasteiger partial charge >= 0.3 is 0 Å². The summed E-state index contributed by atoms with van der Waals surface area (Å²) >= 11 is 0. The van der Waals surface area contributed by atoms with Gasteiger partial charge in [-0.2, -0.15) is 0 Å². The van der Waals surface area contributed by atoms with Crippen LogP contribution in [0, 0.1) is 0 Å². The topological polar surface area (TPSA) is 104 Å². The maximum Gasteiger partial charge on any atom is 0.261 e. The Bertz CT molecular complexity index is 319. The number of rotatable bonds is 1. The first-order chi connectivity index (χ1) is 6.33. The molecule has 0 aromatic heterocycles. The fourth-order valence-corrected chi connectivity index (χ4v) is 1.23. The molecule has 2 rings (SSSR count). The normalized spacial score (nSPS) is 29.2. The van der Waals surface area contributed by atoms with E-state index < -0.39 is 6.04 Å². The maximum absolute atomic E-state index is 11.2. The monoisotopic (exact) mass is 180 g/mol. The van der Waals surface area contributed by atoms with Gasteiger partial charge in [-0.3, -0.25) is 20.2 Å². The zero-order chi connectivity index (χ0) is 9.26. The molecule has 0 radical (unpaired) electrons. The molecule has 0 aromatic carbocycles. The Labute approximate surface area is 73.8 Å². The third-order valence-corrected chi connectivity index (χ3v) is 1.86. The van der Waals surface area contributed by atoms with E-state index in [4.69, 9.17) is 5.84 Å². The Morgan fingerprint density at radius 1 is 1.62 bits per heavy atom. The highest BCUT2D eigenvalue weighted by Crippen LogP contribution is 2.11. The second kappa shape index (κ2) is 2.94. The van der Waals surface area contributed by atoms with Gasteiger partial charge in [-0.25, -0.2) is 10.8 Å². The van der Waals surface area contributed by atoms with Crippen molar-refractivity contribution >= 4 is 24.4 Å². The third-order valence-electron chi connectivity index (χ3n) is 1.86. The molecule has 7 nitrogen and oxygen atoms in total. The van der Waals surface area contributed by atoms with E-state index in [1.165, 1.54) is 12.7 Å². The number of amides is 1. The van der Waals surface area contributed by atoms with Crippen LogP contribution in [0.3, 0.4) is 0 Å². The van der Waals surface area contributed by atoms with E-state index in [0.29, 0.717) is 5.84 Å². The van der Waals surface area contributed by atoms with E-state index in [2.05, 4.69) is 20.3 Å². The maximum atomic E-state index is 11.2. The second-order valence-corrected chi connectivity index (χ2v) is 2.60. The molecule has 0 aromatic rings. The summed E-state index contributed by atoms with van der Waals surface area (Å²) in [6.07, 6.45) is 2.82. The first-order valence-corrected chi connectivity index (χ1v) is 3.71. The number of hydrogen-bond acceptors (Lipinski definition) is 6. The average molecular weight is 180 g/mol. The summed E-state index contributed by atoms with van der Waals surface area (Å²) < 4.78 is 0. The van der Waals surface area contributed by atoms with Crippen molar-refractivity contribution in [3.63, 3.8) is 0 Å². The lowest BCUT2D eigenvalue weighted by molar-refractivity contribution is -0.122. The number of amidine groups is 1. The molecule has 0 bridgehead atoms. The molecule has 0 fully saturated rings. The quantitative estimate of drug-likeness (QED) is 0.242. The van der Waals surface area contributed by atoms with Crippen molar-refractivity contribution in [1.29, 1.82) is 0 Å². The molecule has 68 valence electrons. The Balaban J connectivity index is 2.24. The summed E-state index contributed by atoms with van der Waals surface area (Å²) in [5, 5.41) is 2.80. The number of nitrogens with zero attached hydrogens (tertiary/aromatic N) is 3. The Hall–Kier alpha value is -1.76. The summed E-state index contributed by atoms with van der Waals surface area (Å²) in [6.45, 7) is 0. The zero-order valence-electron chi connectivity index (χ0n) is 6.64. The average Bonchev–Trinajstić information content (AvgIpc) is 2.63. The third kappa shape index (κ3) is 1.18. The second-order valence-electron chi connectivity index (χ2n) is 2.60. The lowest BCUT2D eigenvalue weighted by Crippen LogP contribution is -2.51. The predicted molar refractivity (Wildman–Crippen MR) is 47.5 cm³/mol. The standard InChI is InChI=1S/C6H8N6O/c7-12-6(13)4-3-5(10-1-8-3)11-2-9-4/h1-4H,7H2,(H,12,13)(H,8,9,10,11). The molecule has 13 heavy (non-hydrogen) atoms. The van der Waals surface area contributed by atoms with Crippen LogP contribution in [-0.4, -0.2) is 36.5 Å². The molecule has 7 heteroatoms. The van der Waals surface area contributed by atoms with Crippen molar-refractivity contribution in [1.82, 2.24) is 10.7 Å². The van der Waals surface area contributed by atoms with Gasteiger partial charge in [0.25, 0.3) is 5.91 Å². The molecule has 0 aliphatic carbocycles. The first kappa shape index (κ1) is 7.87. The van der Waals surface area contributed by atoms with Gasteiger partial charge in [0.2, 0.25) is 0 Å². The highest BCUT2D eigenvalue weighted by atomic mass is 16.2. The van der Waals surface area contributed by atoms with Crippen LogP contribution < -0.4 is 16.6 Å². The zero-order valence-corrected chi connectivity index (χ0v) is 6.64. The summed E-state index contributed by atoms with van der Waals surface area (Å²) in [5.74, 6) is 5.26. The van der Waals surface area contributed by atoms with Gasteiger partial charge in [0, 0.05) is 0 Å². The van der Waals surface area contributed by atoms with Gasteiger partial charge in [0.05, 0.1) is 6.34 Å². The number of hydrogen-bond donors (Lipinski definition) is 3. The lowest BCUT2D eigenvalue weighted by atomic mass is 10.1. The first-order valence-electron chi connectivity index (χ1n) is 3.71. The van der Waals surface area contributed by atoms with Crippen LogP contribution in [0.25, 0.3) is 0 Å². The van der Waals surface area contributed by atoms with Gasteiger partial charge in [-0.1, -0.05) is 0 Å². The van der Waals surface area contributed by atoms with Crippen LogP contribution >= 0.6 is 0 Å². The molecule has 2 heterocycles. The van der Waals surface area contributed by atoms with E-state index in [0.717, 1.165) is 0 Å². The van der Waals surface area contributed by atoms with Crippen molar-refractivity contribution in [2.75, 3.05) is 0 Å². The van der Waals surface area contributed by atoms with Gasteiger partial charge in [-0.15, -0.1) is 0 Å². The molecule has 0 saturated carbocycles. The molecular weight excluding hydrogens is 172 g/mol. The molecular formula is C6H8N6O. The van der Waals surface area contributed by atoms with Crippen LogP contribution in [-0.2, 0) is 4.79 Å². The predicted octanol–water partition coefficient (Wildman–Crippen LogP) is -2.21. The number of nitrogens with two attached hydrogens (primary N) is 1. The minimum atomic E-state index is -0.608. The molecule has 4 N–H and O–H groups in total. The molecule has 1 amide bonds. The van der Waals surface area contributed by atoms with Crippen LogP contribution in [0.1, 0.15) is 0 Å². The largest absolute Gasteiger partial charge is 0.333 e. The number of hydrazine groups is 1. The van der Waals surface area contributed by atoms with Crippen LogP contribution in [0.4, 0.5) is 0 Å². The van der Waals surface area contributed by atoms with Crippen molar-refractivity contribution in [3.05, 3.63) is 0 Å². The summed E-state index contributed by atoms with van der Waals surface area (Å²) in [7, 11) is 0. The number of carbonyl (C=O) groups is 1. The van der Waals surface area contributed by atoms with E-state index >= 15 is 0 Å². The highest BCUT2D eigenvalue weighted by Gasteiger charge is 2.34. The molecule has 0 saturated heterocycles. The minimum Gasteiger partial charge on any atom is -0.333 e. The summed E-state index contributed by atoms with van der Waals surface area (Å²) in [6, 6.07) is -0.961. The molecule has 0 spiro atoms. The fourth-order valence-electron chi connectivity index (χ4n) is 1.23. The highest BCUT2D eigenvalue weighted by molar-refractivity contribution is 6.08. The van der Waals surface area contributed by atoms with Crippen molar-refractivity contribution in [3.8, 4) is 0 Å². The molecule has 2 aliphatic rings. The molecule has 2 atom stereocenters. The van der Waals surface area contributed by atoms with Crippen LogP contribution in [0.2, 0.25) is 0 Å². The van der Waals surface area contributed by atoms with Crippen molar-refractivity contribution in [2.45, 2.75) is 12.1 Å². The van der Waals surface area contributed by atoms with Gasteiger partial charge < -0.3 is 5.32 Å². The fraction of sp³-hybridized carbons (Fsp3) is 0.333. The Kier molecular flexibility index (Phi) is 1.78. The van der Waals surface area contributed by atoms with Crippen molar-refractivity contribution in [2.24, 2.45) is 20.8 Å². The van der Waals surface area contributed by atoms with Crippen LogP contribution in [0.15, 0.2) is 15.0 Å². The van der Waals surface area contributed by atoms with E-state index in [-0.39, 0.29) is 11.9 Å². The van der Waals surface area contributed by atoms with Gasteiger partial charge in [0.15, 0.2) is 6.04 Å². The van der Waals surface area contributed by atoms with E-state index in [9.17, 15) is 4.79 Å². The lowest BCUT2D eigenvalue weighted by Gasteiger charge is -2.21. The summed E-state index contributed by atoms with van der Waals surface area (Å²) in [5.41, 5.74) is 2.04. The smallest absolute Gasteiger partial charge is 0.261 e. The minimum absolute atomic E-state index is 0.353. The van der Waals surface area contributed by atoms with E-state index in [1.807, 2.05) is 5.43 Å². The number of fused-ring (bicyclic) bond motifs is 1. The number of carbonyl (C=O) groups excluding carboxylic acids is 1. The van der Waals surface area contributed by atoms with Gasteiger partial charge in [-0.05, 0) is 0 Å². The van der Waals surface area contributed by atoms with E-state index in [1.54, 1.807) is 0 Å². The Morgan fingerprint density at radius 2 is 2.46 bits per heavy atom. The molecule has 2 aliphatic heterocycles. The summed E-state index contributed by atoms with van der Waals surface area (Å²) in [4.78, 5) is 23.0. The van der Waals surface area contributed by atoms with Crippen LogP contribution in [0.5, 0.6) is 0 Å².